The number of aromatic nitrogens is 1. The van der Waals surface area contributed by atoms with E-state index in [4.69, 9.17) is 25.8 Å². The molecule has 0 aliphatic carbocycles. The number of aliphatic hydroxyl groups excluding tert-OH is 1. The molecule has 0 saturated heterocycles. The number of allylic oxidation sites excluding steroid dienone is 1. The standard InChI is InChI=1S/C30H34ClN5O6/c1-6-41-25-13-20(28-27(29(38)40-5)18(3)33-30(39)34-28)10-11-24(25)42-16-26(37)35-32-15-21-12-17(2)36(19(21)4)23-9-7-8-22(31)14-23/h7-15,26,28,35,37H,6,16H2,1-5H3,(H2,33,34,39)/b32-15-/t26-,28+/m1/s1. The fourth-order valence-electron chi connectivity index (χ4n) is 4.75. The first kappa shape index (κ1) is 30.5. The average Bonchev–Trinajstić information content (AvgIpc) is 3.24. The molecule has 1 aliphatic heterocycles. The van der Waals surface area contributed by atoms with Gasteiger partial charge < -0.3 is 34.5 Å². The van der Waals surface area contributed by atoms with Crippen LogP contribution in [0.15, 0.2) is 64.9 Å². The summed E-state index contributed by atoms with van der Waals surface area (Å²) >= 11 is 6.17. The van der Waals surface area contributed by atoms with E-state index in [1.807, 2.05) is 51.1 Å². The van der Waals surface area contributed by atoms with E-state index in [9.17, 15) is 14.7 Å². The summed E-state index contributed by atoms with van der Waals surface area (Å²) in [5.41, 5.74) is 7.75. The maximum absolute atomic E-state index is 12.4. The second-order valence-corrected chi connectivity index (χ2v) is 9.99. The van der Waals surface area contributed by atoms with E-state index in [0.717, 1.165) is 22.6 Å². The molecule has 2 amide bonds. The third kappa shape index (κ3) is 6.87. The molecular weight excluding hydrogens is 562 g/mol. The Hall–Kier alpha value is -4.48. The van der Waals surface area contributed by atoms with Crippen LogP contribution in [-0.4, -0.2) is 54.4 Å². The van der Waals surface area contributed by atoms with Crippen LogP contribution in [0.25, 0.3) is 5.69 Å². The number of benzene rings is 2. The maximum Gasteiger partial charge on any atom is 0.337 e. The minimum Gasteiger partial charge on any atom is -0.490 e. The summed E-state index contributed by atoms with van der Waals surface area (Å²) in [5.74, 6) is 0.189. The number of nitrogens with zero attached hydrogens (tertiary/aromatic N) is 2. The number of rotatable bonds is 11. The number of hydrogen-bond donors (Lipinski definition) is 4. The van der Waals surface area contributed by atoms with Crippen molar-refractivity contribution >= 4 is 29.8 Å². The number of hydrogen-bond acceptors (Lipinski definition) is 8. The van der Waals surface area contributed by atoms with E-state index in [-0.39, 0.29) is 12.2 Å². The molecule has 0 saturated carbocycles. The Morgan fingerprint density at radius 3 is 2.67 bits per heavy atom. The summed E-state index contributed by atoms with van der Waals surface area (Å²) in [6, 6.07) is 13.4. The maximum atomic E-state index is 12.4. The lowest BCUT2D eigenvalue weighted by Crippen LogP contribution is -2.45. The van der Waals surface area contributed by atoms with Crippen LogP contribution in [0.3, 0.4) is 0 Å². The molecule has 0 fully saturated rings. The number of ether oxygens (including phenoxy) is 3. The number of carbonyl (C=O) groups excluding carboxylic acids is 2. The number of urea groups is 1. The van der Waals surface area contributed by atoms with Crippen LogP contribution < -0.4 is 25.5 Å². The number of halogens is 1. The highest BCUT2D eigenvalue weighted by atomic mass is 35.5. The van der Waals surface area contributed by atoms with Gasteiger partial charge in [0.15, 0.2) is 17.7 Å². The predicted molar refractivity (Wildman–Crippen MR) is 159 cm³/mol. The van der Waals surface area contributed by atoms with Gasteiger partial charge in [-0.25, -0.2) is 9.59 Å². The van der Waals surface area contributed by atoms with Crippen LogP contribution in [0, 0.1) is 13.8 Å². The Labute approximate surface area is 249 Å². The number of nitrogens with one attached hydrogen (secondary N) is 3. The third-order valence-corrected chi connectivity index (χ3v) is 6.87. The molecule has 3 aromatic rings. The van der Waals surface area contributed by atoms with Crippen molar-refractivity contribution in [2.75, 3.05) is 20.3 Å². The molecular formula is C30H34ClN5O6. The number of hydrazone groups is 1. The molecule has 4 N–H and O–H groups in total. The lowest BCUT2D eigenvalue weighted by Gasteiger charge is -2.28. The second-order valence-electron chi connectivity index (χ2n) is 9.56. The highest BCUT2D eigenvalue weighted by Crippen LogP contribution is 2.35. The van der Waals surface area contributed by atoms with Gasteiger partial charge in [-0.3, -0.25) is 5.43 Å². The van der Waals surface area contributed by atoms with Crippen molar-refractivity contribution in [1.29, 1.82) is 0 Å². The zero-order valence-corrected chi connectivity index (χ0v) is 24.8. The molecule has 1 aromatic heterocycles. The zero-order chi connectivity index (χ0) is 30.4. The molecule has 4 rings (SSSR count). The lowest BCUT2D eigenvalue weighted by molar-refractivity contribution is -0.136. The van der Waals surface area contributed by atoms with E-state index in [0.29, 0.717) is 34.4 Å². The number of methoxy groups -OCH3 is 1. The second kappa shape index (κ2) is 13.5. The van der Waals surface area contributed by atoms with E-state index in [1.165, 1.54) is 7.11 Å². The quantitative estimate of drug-likeness (QED) is 0.112. The van der Waals surface area contributed by atoms with Crippen molar-refractivity contribution in [1.82, 2.24) is 20.6 Å². The number of aliphatic hydroxyl groups is 1. The lowest BCUT2D eigenvalue weighted by atomic mass is 9.95. The van der Waals surface area contributed by atoms with E-state index in [2.05, 4.69) is 25.7 Å². The smallest absolute Gasteiger partial charge is 0.337 e. The van der Waals surface area contributed by atoms with Crippen LogP contribution in [-0.2, 0) is 9.53 Å². The highest BCUT2D eigenvalue weighted by molar-refractivity contribution is 6.30. The van der Waals surface area contributed by atoms with Crippen LogP contribution >= 0.6 is 11.6 Å². The van der Waals surface area contributed by atoms with Crippen LogP contribution in [0.5, 0.6) is 11.5 Å². The first-order valence-electron chi connectivity index (χ1n) is 13.3. The molecule has 0 radical (unpaired) electrons. The molecule has 0 bridgehead atoms. The minimum atomic E-state index is -1.12. The number of aryl methyl sites for hydroxylation is 1. The van der Waals surface area contributed by atoms with Gasteiger partial charge in [0.1, 0.15) is 6.61 Å². The summed E-state index contributed by atoms with van der Waals surface area (Å²) < 4.78 is 18.6. The SMILES string of the molecule is CCOc1cc([C@@H]2NC(=O)NC(C)=C2C(=O)OC)ccc1OC[C@@H](O)N/N=C\c1cc(C)n(-c2cccc(Cl)c2)c1C. The molecule has 1 aliphatic rings. The van der Waals surface area contributed by atoms with Crippen LogP contribution in [0.2, 0.25) is 5.02 Å². The van der Waals surface area contributed by atoms with Crippen molar-refractivity contribution < 1.29 is 28.9 Å². The summed E-state index contributed by atoms with van der Waals surface area (Å²) in [5, 5.41) is 20.6. The first-order chi connectivity index (χ1) is 20.1. The molecule has 2 heterocycles. The van der Waals surface area contributed by atoms with Crippen molar-refractivity contribution in [3.8, 4) is 17.2 Å². The molecule has 42 heavy (non-hydrogen) atoms. The first-order valence-corrected chi connectivity index (χ1v) is 13.7. The van der Waals surface area contributed by atoms with Gasteiger partial charge in [-0.05, 0) is 69.7 Å². The molecule has 0 spiro atoms. The van der Waals surface area contributed by atoms with Gasteiger partial charge >= 0.3 is 12.0 Å². The molecule has 2 aromatic carbocycles. The molecule has 11 nitrogen and oxygen atoms in total. The summed E-state index contributed by atoms with van der Waals surface area (Å²) in [6.07, 6.45) is 0.515. The Kier molecular flexibility index (Phi) is 9.76. The molecule has 12 heteroatoms. The predicted octanol–water partition coefficient (Wildman–Crippen LogP) is 4.27. The van der Waals surface area contributed by atoms with Gasteiger partial charge in [0.2, 0.25) is 0 Å². The Bertz CT molecular complexity index is 1530. The van der Waals surface area contributed by atoms with Crippen LogP contribution in [0.1, 0.15) is 42.4 Å². The van der Waals surface area contributed by atoms with E-state index >= 15 is 0 Å². The zero-order valence-electron chi connectivity index (χ0n) is 24.0. The van der Waals surface area contributed by atoms with Gasteiger partial charge in [0.05, 0.1) is 31.5 Å². The topological polar surface area (TPSA) is 135 Å². The molecule has 0 unspecified atom stereocenters. The van der Waals surface area contributed by atoms with Crippen molar-refractivity contribution in [2.24, 2.45) is 5.10 Å². The Morgan fingerprint density at radius 1 is 1.17 bits per heavy atom. The van der Waals surface area contributed by atoms with Gasteiger partial charge in [0, 0.05) is 33.4 Å². The summed E-state index contributed by atoms with van der Waals surface area (Å²) in [7, 11) is 1.28. The Morgan fingerprint density at radius 2 is 1.95 bits per heavy atom. The Balaban J connectivity index is 1.43. The van der Waals surface area contributed by atoms with Crippen LogP contribution in [0.4, 0.5) is 4.79 Å². The normalized spacial score (nSPS) is 15.7. The monoisotopic (exact) mass is 595 g/mol. The van der Waals surface area contributed by atoms with Crippen molar-refractivity contribution in [3.63, 3.8) is 0 Å². The number of amides is 2. The van der Waals surface area contributed by atoms with Gasteiger partial charge in [-0.1, -0.05) is 23.7 Å². The molecule has 222 valence electrons. The summed E-state index contributed by atoms with van der Waals surface area (Å²) in [6.45, 7) is 7.64. The van der Waals surface area contributed by atoms with E-state index < -0.39 is 24.3 Å². The van der Waals surface area contributed by atoms with Gasteiger partial charge in [-0.2, -0.15) is 5.10 Å². The number of esters is 1. The average molecular weight is 596 g/mol. The fourth-order valence-corrected chi connectivity index (χ4v) is 4.93. The van der Waals surface area contributed by atoms with Gasteiger partial charge in [-0.15, -0.1) is 0 Å². The molecule has 2 atom stereocenters. The largest absolute Gasteiger partial charge is 0.490 e. The highest BCUT2D eigenvalue weighted by Gasteiger charge is 2.32. The van der Waals surface area contributed by atoms with Gasteiger partial charge in [0.25, 0.3) is 0 Å². The third-order valence-electron chi connectivity index (χ3n) is 6.64. The minimum absolute atomic E-state index is 0.130. The van der Waals surface area contributed by atoms with E-state index in [1.54, 1.807) is 31.3 Å². The fraction of sp³-hybridized carbons (Fsp3) is 0.300. The number of carbonyl (C=O) groups is 2. The summed E-state index contributed by atoms with van der Waals surface area (Å²) in [4.78, 5) is 24.6. The van der Waals surface area contributed by atoms with Crippen molar-refractivity contribution in [2.45, 2.75) is 40.0 Å². The van der Waals surface area contributed by atoms with Crippen molar-refractivity contribution in [3.05, 3.63) is 87.3 Å².